The number of nitrogens with one attached hydrogen (secondary N) is 1. The van der Waals surface area contributed by atoms with Gasteiger partial charge in [-0.05, 0) is 24.6 Å². The molecule has 1 aliphatic rings. The van der Waals surface area contributed by atoms with E-state index in [1.54, 1.807) is 0 Å². The number of fused-ring (bicyclic) bond motifs is 1. The first-order chi connectivity index (χ1) is 9.53. The van der Waals surface area contributed by atoms with E-state index in [9.17, 15) is 0 Å². The van der Waals surface area contributed by atoms with Crippen molar-refractivity contribution in [2.24, 2.45) is 0 Å². The van der Waals surface area contributed by atoms with Crippen molar-refractivity contribution in [2.75, 3.05) is 5.32 Å². The van der Waals surface area contributed by atoms with E-state index < -0.39 is 5.79 Å². The van der Waals surface area contributed by atoms with Crippen molar-refractivity contribution in [3.63, 3.8) is 0 Å². The molecule has 1 N–H and O–H groups in total. The van der Waals surface area contributed by atoms with E-state index in [1.165, 1.54) is 5.56 Å². The third-order valence-electron chi connectivity index (χ3n) is 3.34. The number of anilines is 1. The van der Waals surface area contributed by atoms with Gasteiger partial charge < -0.3 is 14.8 Å². The second-order valence-electron chi connectivity index (χ2n) is 5.54. The van der Waals surface area contributed by atoms with Gasteiger partial charge in [-0.3, -0.25) is 0 Å². The molecule has 3 rings (SSSR count). The molecule has 20 heavy (non-hydrogen) atoms. The zero-order valence-electron chi connectivity index (χ0n) is 12.0. The molecule has 1 unspecified atom stereocenters. The lowest BCUT2D eigenvalue weighted by molar-refractivity contribution is -0.0431. The van der Waals surface area contributed by atoms with Crippen LogP contribution in [0.1, 0.15) is 32.4 Å². The van der Waals surface area contributed by atoms with Gasteiger partial charge in [0.1, 0.15) is 0 Å². The van der Waals surface area contributed by atoms with Crippen LogP contribution in [0.2, 0.25) is 0 Å². The highest BCUT2D eigenvalue weighted by atomic mass is 16.7. The fourth-order valence-corrected chi connectivity index (χ4v) is 2.39. The van der Waals surface area contributed by atoms with E-state index in [2.05, 4.69) is 36.5 Å². The number of rotatable bonds is 3. The van der Waals surface area contributed by atoms with Crippen LogP contribution in [0.5, 0.6) is 11.5 Å². The summed E-state index contributed by atoms with van der Waals surface area (Å²) in [5.74, 6) is 1.01. The lowest BCUT2D eigenvalue weighted by Gasteiger charge is -2.16. The molecule has 0 saturated carbocycles. The van der Waals surface area contributed by atoms with Crippen LogP contribution in [0.4, 0.5) is 5.69 Å². The lowest BCUT2D eigenvalue weighted by atomic mass is 10.1. The molecule has 1 heterocycles. The first-order valence-electron chi connectivity index (χ1n) is 6.87. The van der Waals surface area contributed by atoms with Crippen LogP contribution in [0.25, 0.3) is 0 Å². The van der Waals surface area contributed by atoms with Crippen molar-refractivity contribution in [2.45, 2.75) is 32.6 Å². The molecule has 0 aromatic heterocycles. The molecule has 0 bridgehead atoms. The molecule has 0 spiro atoms. The van der Waals surface area contributed by atoms with Gasteiger partial charge in [0, 0.05) is 31.6 Å². The molecular formula is C17H19NO2. The maximum Gasteiger partial charge on any atom is 0.246 e. The maximum absolute atomic E-state index is 5.76. The molecule has 1 aliphatic heterocycles. The van der Waals surface area contributed by atoms with Gasteiger partial charge >= 0.3 is 0 Å². The smallest absolute Gasteiger partial charge is 0.246 e. The summed E-state index contributed by atoms with van der Waals surface area (Å²) < 4.78 is 11.4. The van der Waals surface area contributed by atoms with Crippen LogP contribution in [-0.2, 0) is 0 Å². The Balaban J connectivity index is 1.77. The summed E-state index contributed by atoms with van der Waals surface area (Å²) in [7, 11) is 0. The van der Waals surface area contributed by atoms with Crippen LogP contribution in [0.3, 0.4) is 0 Å². The number of hydrogen-bond acceptors (Lipinski definition) is 3. The topological polar surface area (TPSA) is 30.5 Å². The Morgan fingerprint density at radius 3 is 2.40 bits per heavy atom. The third-order valence-corrected chi connectivity index (χ3v) is 3.34. The van der Waals surface area contributed by atoms with Crippen LogP contribution < -0.4 is 14.8 Å². The number of hydrogen-bond donors (Lipinski definition) is 1. The van der Waals surface area contributed by atoms with Crippen LogP contribution >= 0.6 is 0 Å². The molecule has 0 aliphatic carbocycles. The fourth-order valence-electron chi connectivity index (χ4n) is 2.39. The minimum Gasteiger partial charge on any atom is -0.449 e. The Morgan fingerprint density at radius 1 is 0.950 bits per heavy atom. The van der Waals surface area contributed by atoms with Crippen molar-refractivity contribution < 1.29 is 9.47 Å². The van der Waals surface area contributed by atoms with Gasteiger partial charge in [-0.15, -0.1) is 0 Å². The molecule has 0 fully saturated rings. The third kappa shape index (κ3) is 2.57. The summed E-state index contributed by atoms with van der Waals surface area (Å²) >= 11 is 0. The molecular weight excluding hydrogens is 250 g/mol. The zero-order valence-corrected chi connectivity index (χ0v) is 12.0. The predicted molar refractivity (Wildman–Crippen MR) is 80.3 cm³/mol. The standard InChI is InChI=1S/C17H19NO2/c1-12(13-7-5-4-6-8-13)18-14-9-10-15-16(11-14)20-17(2,3)19-15/h4-12,18H,1-3H3. The van der Waals surface area contributed by atoms with Gasteiger partial charge in [-0.2, -0.15) is 0 Å². The monoisotopic (exact) mass is 269 g/mol. The van der Waals surface area contributed by atoms with Gasteiger partial charge in [-0.1, -0.05) is 30.3 Å². The van der Waals surface area contributed by atoms with E-state index in [-0.39, 0.29) is 6.04 Å². The lowest BCUT2D eigenvalue weighted by Crippen LogP contribution is -2.29. The maximum atomic E-state index is 5.76. The van der Waals surface area contributed by atoms with Gasteiger partial charge in [-0.25, -0.2) is 0 Å². The largest absolute Gasteiger partial charge is 0.449 e. The van der Waals surface area contributed by atoms with Crippen LogP contribution in [0, 0.1) is 0 Å². The summed E-state index contributed by atoms with van der Waals surface area (Å²) in [5, 5.41) is 3.48. The minimum absolute atomic E-state index is 0.240. The average Bonchev–Trinajstić information content (AvgIpc) is 2.73. The molecule has 0 radical (unpaired) electrons. The van der Waals surface area contributed by atoms with E-state index in [1.807, 2.05) is 38.1 Å². The molecule has 0 saturated heterocycles. The van der Waals surface area contributed by atoms with Crippen molar-refractivity contribution >= 4 is 5.69 Å². The SMILES string of the molecule is CC(Nc1ccc2c(c1)OC(C)(C)O2)c1ccccc1. The molecule has 104 valence electrons. The van der Waals surface area contributed by atoms with Crippen molar-refractivity contribution in [3.8, 4) is 11.5 Å². The second kappa shape index (κ2) is 4.75. The quantitative estimate of drug-likeness (QED) is 0.897. The summed E-state index contributed by atoms with van der Waals surface area (Å²) in [4.78, 5) is 0. The van der Waals surface area contributed by atoms with E-state index in [0.717, 1.165) is 17.2 Å². The first kappa shape index (κ1) is 12.9. The molecule has 3 heteroatoms. The number of ether oxygens (including phenoxy) is 2. The van der Waals surface area contributed by atoms with Crippen molar-refractivity contribution in [3.05, 3.63) is 54.1 Å². The van der Waals surface area contributed by atoms with Crippen molar-refractivity contribution in [1.29, 1.82) is 0 Å². The van der Waals surface area contributed by atoms with Gasteiger partial charge in [0.05, 0.1) is 0 Å². The molecule has 1 atom stereocenters. The Morgan fingerprint density at radius 2 is 1.65 bits per heavy atom. The predicted octanol–water partition coefficient (Wildman–Crippen LogP) is 4.37. The summed E-state index contributed by atoms with van der Waals surface area (Å²) in [6, 6.07) is 16.6. The van der Waals surface area contributed by atoms with Crippen LogP contribution in [0.15, 0.2) is 48.5 Å². The highest BCUT2D eigenvalue weighted by Gasteiger charge is 2.31. The zero-order chi connectivity index (χ0) is 14.2. The molecule has 2 aromatic carbocycles. The van der Waals surface area contributed by atoms with E-state index in [0.29, 0.717) is 0 Å². The Kier molecular flexibility index (Phi) is 3.05. The second-order valence-corrected chi connectivity index (χ2v) is 5.54. The minimum atomic E-state index is -0.577. The molecule has 2 aromatic rings. The summed E-state index contributed by atoms with van der Waals surface area (Å²) in [5.41, 5.74) is 2.28. The van der Waals surface area contributed by atoms with E-state index >= 15 is 0 Å². The Labute approximate surface area is 119 Å². The molecule has 3 nitrogen and oxygen atoms in total. The number of benzene rings is 2. The van der Waals surface area contributed by atoms with Crippen LogP contribution in [-0.4, -0.2) is 5.79 Å². The average molecular weight is 269 g/mol. The Bertz CT molecular complexity index is 608. The Hall–Kier alpha value is -2.16. The highest BCUT2D eigenvalue weighted by Crippen LogP contribution is 2.41. The fraction of sp³-hybridized carbons (Fsp3) is 0.294. The van der Waals surface area contributed by atoms with Crippen molar-refractivity contribution in [1.82, 2.24) is 0 Å². The summed E-state index contributed by atoms with van der Waals surface area (Å²) in [6.45, 7) is 5.96. The highest BCUT2D eigenvalue weighted by molar-refractivity contribution is 5.57. The molecule has 0 amide bonds. The normalized spacial score (nSPS) is 16.8. The first-order valence-corrected chi connectivity index (χ1v) is 6.87. The van der Waals surface area contributed by atoms with Gasteiger partial charge in [0.25, 0.3) is 0 Å². The van der Waals surface area contributed by atoms with Gasteiger partial charge in [0.2, 0.25) is 5.79 Å². The van der Waals surface area contributed by atoms with E-state index in [4.69, 9.17) is 9.47 Å². The van der Waals surface area contributed by atoms with Gasteiger partial charge in [0.15, 0.2) is 11.5 Å². The summed E-state index contributed by atoms with van der Waals surface area (Å²) in [6.07, 6.45) is 0.